The Hall–Kier alpha value is -2.73. The number of hydrogen-bond donors (Lipinski definition) is 2. The lowest BCUT2D eigenvalue weighted by Crippen LogP contribution is -2.36. The fourth-order valence-corrected chi connectivity index (χ4v) is 2.53. The number of carbonyl (C=O) groups is 2. The van der Waals surface area contributed by atoms with E-state index in [4.69, 9.17) is 0 Å². The number of amides is 2. The van der Waals surface area contributed by atoms with Crippen LogP contribution in [0, 0.1) is 26.6 Å². The largest absolute Gasteiger partial charge is 0.325 e. The SMILES string of the molecule is Cc1ccc(NC(=O)CN(C)CC(=O)Nc2cccc(C)c2C)c(F)c1. The predicted octanol–water partition coefficient (Wildman–Crippen LogP) is 3.26. The highest BCUT2D eigenvalue weighted by Crippen LogP contribution is 2.18. The van der Waals surface area contributed by atoms with Gasteiger partial charge >= 0.3 is 0 Å². The second kappa shape index (κ2) is 8.58. The molecule has 5 nitrogen and oxygen atoms in total. The highest BCUT2D eigenvalue weighted by molar-refractivity contribution is 5.95. The number of carbonyl (C=O) groups excluding carboxylic acids is 2. The Morgan fingerprint density at radius 2 is 1.58 bits per heavy atom. The zero-order chi connectivity index (χ0) is 19.3. The van der Waals surface area contributed by atoms with Crippen LogP contribution in [-0.4, -0.2) is 36.9 Å². The molecule has 0 fully saturated rings. The maximum atomic E-state index is 13.8. The Balaban J connectivity index is 1.87. The van der Waals surface area contributed by atoms with Crippen molar-refractivity contribution in [3.8, 4) is 0 Å². The quantitative estimate of drug-likeness (QED) is 0.834. The fourth-order valence-electron chi connectivity index (χ4n) is 2.53. The average Bonchev–Trinajstić information content (AvgIpc) is 2.54. The molecule has 2 aromatic rings. The van der Waals surface area contributed by atoms with Gasteiger partial charge in [0.2, 0.25) is 11.8 Å². The van der Waals surface area contributed by atoms with Gasteiger partial charge in [-0.2, -0.15) is 0 Å². The molecule has 6 heteroatoms. The summed E-state index contributed by atoms with van der Waals surface area (Å²) >= 11 is 0. The number of anilines is 2. The van der Waals surface area contributed by atoms with Crippen LogP contribution >= 0.6 is 0 Å². The number of hydrogen-bond acceptors (Lipinski definition) is 3. The van der Waals surface area contributed by atoms with Crippen LogP contribution in [0.3, 0.4) is 0 Å². The molecule has 26 heavy (non-hydrogen) atoms. The minimum absolute atomic E-state index is 0.0203. The van der Waals surface area contributed by atoms with Gasteiger partial charge in [-0.3, -0.25) is 14.5 Å². The van der Waals surface area contributed by atoms with Crippen LogP contribution in [0.1, 0.15) is 16.7 Å². The minimum Gasteiger partial charge on any atom is -0.325 e. The summed E-state index contributed by atoms with van der Waals surface area (Å²) in [7, 11) is 1.66. The van der Waals surface area contributed by atoms with E-state index in [1.165, 1.54) is 12.1 Å². The number of nitrogens with one attached hydrogen (secondary N) is 2. The topological polar surface area (TPSA) is 61.4 Å². The molecule has 0 heterocycles. The van der Waals surface area contributed by atoms with E-state index in [0.29, 0.717) is 0 Å². The predicted molar refractivity (Wildman–Crippen MR) is 102 cm³/mol. The maximum absolute atomic E-state index is 13.8. The van der Waals surface area contributed by atoms with E-state index < -0.39 is 5.82 Å². The van der Waals surface area contributed by atoms with E-state index in [9.17, 15) is 14.0 Å². The summed E-state index contributed by atoms with van der Waals surface area (Å²) in [6.45, 7) is 5.73. The van der Waals surface area contributed by atoms with E-state index in [1.54, 1.807) is 24.9 Å². The number of aryl methyl sites for hydroxylation is 2. The van der Waals surface area contributed by atoms with Crippen LogP contribution < -0.4 is 10.6 Å². The molecule has 0 aliphatic rings. The summed E-state index contributed by atoms with van der Waals surface area (Å²) in [4.78, 5) is 25.8. The molecule has 0 saturated heterocycles. The van der Waals surface area contributed by atoms with E-state index in [-0.39, 0.29) is 30.6 Å². The van der Waals surface area contributed by atoms with Crippen LogP contribution in [-0.2, 0) is 9.59 Å². The number of benzene rings is 2. The van der Waals surface area contributed by atoms with E-state index in [0.717, 1.165) is 22.4 Å². The molecule has 0 bridgehead atoms. The van der Waals surface area contributed by atoms with Gasteiger partial charge in [0.05, 0.1) is 18.8 Å². The van der Waals surface area contributed by atoms with Crippen LogP contribution in [0.15, 0.2) is 36.4 Å². The van der Waals surface area contributed by atoms with Gasteiger partial charge in [0, 0.05) is 5.69 Å². The molecule has 0 saturated carbocycles. The maximum Gasteiger partial charge on any atom is 0.238 e. The van der Waals surface area contributed by atoms with Crippen molar-refractivity contribution in [1.82, 2.24) is 4.90 Å². The summed E-state index contributed by atoms with van der Waals surface area (Å²) in [5.41, 5.74) is 3.77. The van der Waals surface area contributed by atoms with Gasteiger partial charge in [-0.15, -0.1) is 0 Å². The lowest BCUT2D eigenvalue weighted by Gasteiger charge is -2.17. The van der Waals surface area contributed by atoms with Crippen LogP contribution in [0.2, 0.25) is 0 Å². The molecule has 0 aliphatic heterocycles. The van der Waals surface area contributed by atoms with Crippen LogP contribution in [0.4, 0.5) is 15.8 Å². The smallest absolute Gasteiger partial charge is 0.238 e. The van der Waals surface area contributed by atoms with Crippen molar-refractivity contribution >= 4 is 23.2 Å². The Bertz CT molecular complexity index is 821. The van der Waals surface area contributed by atoms with Crippen molar-refractivity contribution in [1.29, 1.82) is 0 Å². The van der Waals surface area contributed by atoms with Gasteiger partial charge in [-0.05, 0) is 62.7 Å². The number of rotatable bonds is 6. The van der Waals surface area contributed by atoms with Gasteiger partial charge in [-0.25, -0.2) is 4.39 Å². The second-order valence-electron chi connectivity index (χ2n) is 6.50. The monoisotopic (exact) mass is 357 g/mol. The third-order valence-electron chi connectivity index (χ3n) is 4.10. The van der Waals surface area contributed by atoms with Gasteiger partial charge < -0.3 is 10.6 Å². The van der Waals surface area contributed by atoms with Crippen molar-refractivity contribution in [3.63, 3.8) is 0 Å². The number of nitrogens with zero attached hydrogens (tertiary/aromatic N) is 1. The van der Waals surface area contributed by atoms with Gasteiger partial charge in [0.25, 0.3) is 0 Å². The second-order valence-corrected chi connectivity index (χ2v) is 6.50. The van der Waals surface area contributed by atoms with Gasteiger partial charge in [-0.1, -0.05) is 18.2 Å². The molecule has 138 valence electrons. The summed E-state index contributed by atoms with van der Waals surface area (Å²) < 4.78 is 13.8. The number of halogens is 1. The fraction of sp³-hybridized carbons (Fsp3) is 0.300. The molecular weight excluding hydrogens is 333 g/mol. The van der Waals surface area contributed by atoms with Crippen molar-refractivity contribution < 1.29 is 14.0 Å². The van der Waals surface area contributed by atoms with Crippen LogP contribution in [0.25, 0.3) is 0 Å². The summed E-state index contributed by atoms with van der Waals surface area (Å²) in [5.74, 6) is -1.07. The molecule has 0 unspecified atom stereocenters. The molecule has 0 radical (unpaired) electrons. The Morgan fingerprint density at radius 1 is 0.962 bits per heavy atom. The van der Waals surface area contributed by atoms with Gasteiger partial charge in [0.1, 0.15) is 5.82 Å². The standard InChI is InChI=1S/C20H24FN3O2/c1-13-8-9-18(16(21)10-13)23-20(26)12-24(4)11-19(25)22-17-7-5-6-14(2)15(17)3/h5-10H,11-12H2,1-4H3,(H,22,25)(H,23,26). The zero-order valence-corrected chi connectivity index (χ0v) is 15.5. The third-order valence-corrected chi connectivity index (χ3v) is 4.10. The molecular formula is C20H24FN3O2. The van der Waals surface area contributed by atoms with Crippen molar-refractivity contribution in [2.75, 3.05) is 30.8 Å². The number of likely N-dealkylation sites (N-methyl/N-ethyl adjacent to an activating group) is 1. The first-order valence-electron chi connectivity index (χ1n) is 8.37. The zero-order valence-electron chi connectivity index (χ0n) is 15.5. The van der Waals surface area contributed by atoms with Crippen molar-refractivity contribution in [3.05, 3.63) is 58.9 Å². The highest BCUT2D eigenvalue weighted by Gasteiger charge is 2.13. The first kappa shape index (κ1) is 19.6. The molecule has 0 atom stereocenters. The summed E-state index contributed by atoms with van der Waals surface area (Å²) in [5, 5.41) is 5.37. The molecule has 0 aliphatic carbocycles. The lowest BCUT2D eigenvalue weighted by atomic mass is 10.1. The first-order valence-corrected chi connectivity index (χ1v) is 8.37. The molecule has 0 aromatic heterocycles. The minimum atomic E-state index is -0.478. The molecule has 0 spiro atoms. The Kier molecular flexibility index (Phi) is 6.46. The Morgan fingerprint density at radius 3 is 2.19 bits per heavy atom. The third kappa shape index (κ3) is 5.39. The average molecular weight is 357 g/mol. The van der Waals surface area contributed by atoms with E-state index in [2.05, 4.69) is 10.6 Å². The molecule has 2 rings (SSSR count). The van der Waals surface area contributed by atoms with Gasteiger partial charge in [0.15, 0.2) is 0 Å². The van der Waals surface area contributed by atoms with Crippen molar-refractivity contribution in [2.24, 2.45) is 0 Å². The summed E-state index contributed by atoms with van der Waals surface area (Å²) in [6.07, 6.45) is 0. The molecule has 2 aromatic carbocycles. The van der Waals surface area contributed by atoms with Crippen molar-refractivity contribution in [2.45, 2.75) is 20.8 Å². The van der Waals surface area contributed by atoms with E-state index >= 15 is 0 Å². The van der Waals surface area contributed by atoms with Crippen LogP contribution in [0.5, 0.6) is 0 Å². The highest BCUT2D eigenvalue weighted by atomic mass is 19.1. The molecule has 2 N–H and O–H groups in total. The first-order chi connectivity index (χ1) is 12.3. The van der Waals surface area contributed by atoms with E-state index in [1.807, 2.05) is 32.0 Å². The normalized spacial score (nSPS) is 10.7. The Labute approximate surface area is 153 Å². The summed E-state index contributed by atoms with van der Waals surface area (Å²) in [6, 6.07) is 10.3. The lowest BCUT2D eigenvalue weighted by molar-refractivity contribution is -0.119. The molecule has 2 amide bonds.